The lowest BCUT2D eigenvalue weighted by Gasteiger charge is -2.29. The maximum absolute atomic E-state index is 12.5. The summed E-state index contributed by atoms with van der Waals surface area (Å²) in [7, 11) is 0. The number of hydrogen-bond donors (Lipinski definition) is 1. The number of nitrogens with zero attached hydrogens (tertiary/aromatic N) is 1. The van der Waals surface area contributed by atoms with Gasteiger partial charge < -0.3 is 14.8 Å². The van der Waals surface area contributed by atoms with Crippen LogP contribution < -0.4 is 10.1 Å². The van der Waals surface area contributed by atoms with Gasteiger partial charge in [-0.2, -0.15) is 5.26 Å². The summed E-state index contributed by atoms with van der Waals surface area (Å²) in [4.78, 5) is 23.9. The SMILES string of the molecule is CCOC(=O)COc1ccc(/C=C(\C#N)C(=O)N[C@@H]2CCCC[C@@H]2C)cc1Br. The molecule has 7 heteroatoms. The van der Waals surface area contributed by atoms with Gasteiger partial charge in [-0.3, -0.25) is 4.79 Å². The van der Waals surface area contributed by atoms with E-state index in [4.69, 9.17) is 9.47 Å². The molecule has 6 nitrogen and oxygen atoms in total. The third-order valence-electron chi connectivity index (χ3n) is 4.71. The van der Waals surface area contributed by atoms with Crippen LogP contribution in [0.5, 0.6) is 5.75 Å². The topological polar surface area (TPSA) is 88.4 Å². The number of amides is 1. The van der Waals surface area contributed by atoms with E-state index in [0.717, 1.165) is 19.3 Å². The van der Waals surface area contributed by atoms with E-state index >= 15 is 0 Å². The third kappa shape index (κ3) is 6.38. The second kappa shape index (κ2) is 10.9. The van der Waals surface area contributed by atoms with E-state index in [1.165, 1.54) is 6.42 Å². The number of benzene rings is 1. The Hall–Kier alpha value is -2.33. The number of carbonyl (C=O) groups is 2. The van der Waals surface area contributed by atoms with Crippen molar-refractivity contribution < 1.29 is 19.1 Å². The van der Waals surface area contributed by atoms with Gasteiger partial charge in [-0.1, -0.05) is 25.8 Å². The summed E-state index contributed by atoms with van der Waals surface area (Å²) in [6, 6.07) is 7.22. The van der Waals surface area contributed by atoms with Crippen molar-refractivity contribution in [3.05, 3.63) is 33.8 Å². The summed E-state index contributed by atoms with van der Waals surface area (Å²) in [6.07, 6.45) is 5.87. The molecule has 150 valence electrons. The van der Waals surface area contributed by atoms with Crippen molar-refractivity contribution in [2.45, 2.75) is 45.6 Å². The Morgan fingerprint density at radius 2 is 2.11 bits per heavy atom. The molecule has 0 radical (unpaired) electrons. The van der Waals surface area contributed by atoms with Gasteiger partial charge in [0, 0.05) is 6.04 Å². The molecule has 0 aliphatic heterocycles. The van der Waals surface area contributed by atoms with Crippen LogP contribution in [0.15, 0.2) is 28.2 Å². The van der Waals surface area contributed by atoms with E-state index in [0.29, 0.717) is 28.3 Å². The van der Waals surface area contributed by atoms with Gasteiger partial charge in [-0.05, 0) is 65.4 Å². The fraction of sp³-hybridized carbons (Fsp3) is 0.476. The molecule has 1 fully saturated rings. The monoisotopic (exact) mass is 448 g/mol. The molecule has 0 unspecified atom stereocenters. The molecule has 1 aromatic carbocycles. The molecular formula is C21H25BrN2O4. The predicted octanol–water partition coefficient (Wildman–Crippen LogP) is 3.99. The molecule has 2 rings (SSSR count). The van der Waals surface area contributed by atoms with Crippen LogP contribution in [-0.4, -0.2) is 31.1 Å². The van der Waals surface area contributed by atoms with Crippen LogP contribution in [0.25, 0.3) is 6.08 Å². The number of ether oxygens (including phenoxy) is 2. The number of halogens is 1. The first-order chi connectivity index (χ1) is 13.4. The number of rotatable bonds is 7. The zero-order valence-corrected chi connectivity index (χ0v) is 17.8. The minimum absolute atomic E-state index is 0.0601. The zero-order chi connectivity index (χ0) is 20.5. The molecule has 28 heavy (non-hydrogen) atoms. The van der Waals surface area contributed by atoms with Crippen molar-refractivity contribution in [1.82, 2.24) is 5.32 Å². The Morgan fingerprint density at radius 3 is 2.75 bits per heavy atom. The van der Waals surface area contributed by atoms with Crippen LogP contribution in [0, 0.1) is 17.2 Å². The number of esters is 1. The number of carbonyl (C=O) groups excluding carboxylic acids is 2. The first-order valence-corrected chi connectivity index (χ1v) is 10.2. The lowest BCUT2D eigenvalue weighted by molar-refractivity contribution is -0.145. The quantitative estimate of drug-likeness (QED) is 0.386. The van der Waals surface area contributed by atoms with E-state index in [2.05, 4.69) is 28.2 Å². The van der Waals surface area contributed by atoms with Crippen LogP contribution >= 0.6 is 15.9 Å². The van der Waals surface area contributed by atoms with Crippen molar-refractivity contribution in [3.63, 3.8) is 0 Å². The summed E-state index contributed by atoms with van der Waals surface area (Å²) >= 11 is 3.38. The van der Waals surface area contributed by atoms with Crippen molar-refractivity contribution in [3.8, 4) is 11.8 Å². The number of nitriles is 1. The second-order valence-corrected chi connectivity index (χ2v) is 7.65. The molecule has 0 spiro atoms. The van der Waals surface area contributed by atoms with Crippen molar-refractivity contribution in [2.75, 3.05) is 13.2 Å². The van der Waals surface area contributed by atoms with Gasteiger partial charge in [0.2, 0.25) is 0 Å². The van der Waals surface area contributed by atoms with E-state index in [1.54, 1.807) is 31.2 Å². The Morgan fingerprint density at radius 1 is 1.36 bits per heavy atom. The van der Waals surface area contributed by atoms with Gasteiger partial charge in [-0.25, -0.2) is 4.79 Å². The number of hydrogen-bond acceptors (Lipinski definition) is 5. The summed E-state index contributed by atoms with van der Waals surface area (Å²) < 4.78 is 10.8. The van der Waals surface area contributed by atoms with Crippen molar-refractivity contribution in [2.24, 2.45) is 5.92 Å². The molecule has 1 aromatic rings. The maximum Gasteiger partial charge on any atom is 0.344 e. The van der Waals surface area contributed by atoms with Gasteiger partial charge in [0.25, 0.3) is 5.91 Å². The van der Waals surface area contributed by atoms with E-state index in [9.17, 15) is 14.9 Å². The van der Waals surface area contributed by atoms with Crippen LogP contribution in [-0.2, 0) is 14.3 Å². The first kappa shape index (κ1) is 22.0. The van der Waals surface area contributed by atoms with Gasteiger partial charge in [-0.15, -0.1) is 0 Å². The third-order valence-corrected chi connectivity index (χ3v) is 5.33. The smallest absolute Gasteiger partial charge is 0.344 e. The average molecular weight is 449 g/mol. The molecule has 1 aliphatic carbocycles. The Kier molecular flexibility index (Phi) is 8.52. The van der Waals surface area contributed by atoms with E-state index < -0.39 is 5.97 Å². The minimum atomic E-state index is -0.446. The fourth-order valence-electron chi connectivity index (χ4n) is 3.16. The zero-order valence-electron chi connectivity index (χ0n) is 16.2. The van der Waals surface area contributed by atoms with Crippen LogP contribution in [0.3, 0.4) is 0 Å². The molecule has 0 aromatic heterocycles. The summed E-state index contributed by atoms with van der Waals surface area (Å²) in [6.45, 7) is 3.97. The molecule has 1 aliphatic rings. The predicted molar refractivity (Wildman–Crippen MR) is 109 cm³/mol. The highest BCUT2D eigenvalue weighted by atomic mass is 79.9. The molecule has 1 N–H and O–H groups in total. The summed E-state index contributed by atoms with van der Waals surface area (Å²) in [5.74, 6) is 0.102. The number of nitrogens with one attached hydrogen (secondary N) is 1. The van der Waals surface area contributed by atoms with Crippen LogP contribution in [0.1, 0.15) is 45.1 Å². The maximum atomic E-state index is 12.5. The molecule has 0 saturated heterocycles. The van der Waals surface area contributed by atoms with Crippen molar-refractivity contribution >= 4 is 33.9 Å². The molecule has 0 heterocycles. The Balaban J connectivity index is 2.05. The van der Waals surface area contributed by atoms with E-state index in [1.807, 2.05) is 6.07 Å². The van der Waals surface area contributed by atoms with Crippen LogP contribution in [0.4, 0.5) is 0 Å². The fourth-order valence-corrected chi connectivity index (χ4v) is 3.67. The van der Waals surface area contributed by atoms with Crippen molar-refractivity contribution in [1.29, 1.82) is 5.26 Å². The highest BCUT2D eigenvalue weighted by Crippen LogP contribution is 2.27. The summed E-state index contributed by atoms with van der Waals surface area (Å²) in [5.41, 5.74) is 0.739. The lowest BCUT2D eigenvalue weighted by atomic mass is 9.86. The molecule has 0 bridgehead atoms. The van der Waals surface area contributed by atoms with Crippen LogP contribution in [0.2, 0.25) is 0 Å². The average Bonchev–Trinajstić information content (AvgIpc) is 2.67. The molecule has 1 saturated carbocycles. The van der Waals surface area contributed by atoms with Gasteiger partial charge in [0.1, 0.15) is 17.4 Å². The molecule has 1 amide bonds. The highest BCUT2D eigenvalue weighted by Gasteiger charge is 2.24. The standard InChI is InChI=1S/C21H25BrN2O4/c1-3-27-20(25)13-28-19-9-8-15(11-17(19)22)10-16(12-23)21(26)24-18-7-5-4-6-14(18)2/h8-11,14,18H,3-7,13H2,1-2H3,(H,24,26)/b16-10+/t14-,18+/m0/s1. The first-order valence-electron chi connectivity index (χ1n) is 9.45. The molecule has 2 atom stereocenters. The van der Waals surface area contributed by atoms with Gasteiger partial charge in [0.05, 0.1) is 11.1 Å². The second-order valence-electron chi connectivity index (χ2n) is 6.80. The van der Waals surface area contributed by atoms with E-state index in [-0.39, 0.29) is 24.1 Å². The highest BCUT2D eigenvalue weighted by molar-refractivity contribution is 9.10. The van der Waals surface area contributed by atoms with Gasteiger partial charge in [0.15, 0.2) is 6.61 Å². The normalized spacial score (nSPS) is 19.4. The Bertz CT molecular complexity index is 785. The largest absolute Gasteiger partial charge is 0.481 e. The Labute approximate surface area is 174 Å². The molecular weight excluding hydrogens is 424 g/mol. The summed E-state index contributed by atoms with van der Waals surface area (Å²) in [5, 5.41) is 12.4. The lowest BCUT2D eigenvalue weighted by Crippen LogP contribution is -2.41. The minimum Gasteiger partial charge on any atom is -0.481 e. The van der Waals surface area contributed by atoms with Gasteiger partial charge >= 0.3 is 5.97 Å².